The number of nitrogens with two attached hydrogens (primary N) is 1. The van der Waals surface area contributed by atoms with Crippen LogP contribution in [0.4, 0.5) is 17.3 Å². The summed E-state index contributed by atoms with van der Waals surface area (Å²) in [6, 6.07) is 2.74. The number of pyridine rings is 1. The number of rotatable bonds is 8. The summed E-state index contributed by atoms with van der Waals surface area (Å²) in [6.45, 7) is 6.95. The van der Waals surface area contributed by atoms with E-state index in [-0.39, 0.29) is 23.5 Å². The van der Waals surface area contributed by atoms with Crippen LogP contribution in [0.15, 0.2) is 12.1 Å². The summed E-state index contributed by atoms with van der Waals surface area (Å²) in [7, 11) is 0. The summed E-state index contributed by atoms with van der Waals surface area (Å²) in [5.41, 5.74) is 2.28. The van der Waals surface area contributed by atoms with E-state index in [1.165, 1.54) is 12.1 Å². The molecule has 4 N–H and O–H groups in total. The second-order valence-corrected chi connectivity index (χ2v) is 4.62. The molecule has 112 valence electrons. The van der Waals surface area contributed by atoms with E-state index < -0.39 is 4.92 Å². The highest BCUT2D eigenvalue weighted by atomic mass is 16.6. The lowest BCUT2D eigenvalue weighted by Crippen LogP contribution is -2.31. The van der Waals surface area contributed by atoms with Gasteiger partial charge in [0.1, 0.15) is 5.82 Å². The molecule has 0 aliphatic rings. The number of hydrogen-bond donors (Lipinski definition) is 3. The average Bonchev–Trinajstić information content (AvgIpc) is 2.42. The first-order valence-electron chi connectivity index (χ1n) is 6.45. The minimum absolute atomic E-state index is 0.0748. The number of ether oxygens (including phenoxy) is 1. The van der Waals surface area contributed by atoms with Gasteiger partial charge in [0.2, 0.25) is 5.82 Å². The Morgan fingerprint density at radius 2 is 2.20 bits per heavy atom. The van der Waals surface area contributed by atoms with Crippen LogP contribution in [0.5, 0.6) is 0 Å². The number of hydrazine groups is 1. The first kappa shape index (κ1) is 16.1. The SMILES string of the molecule is CCOCC(Nc1nc(NN)ccc1[N+](=O)[O-])C(C)C. The van der Waals surface area contributed by atoms with Crippen molar-refractivity contribution in [1.29, 1.82) is 0 Å². The molecule has 0 aromatic carbocycles. The lowest BCUT2D eigenvalue weighted by Gasteiger charge is -2.22. The van der Waals surface area contributed by atoms with E-state index >= 15 is 0 Å². The lowest BCUT2D eigenvalue weighted by molar-refractivity contribution is -0.384. The molecular weight excluding hydrogens is 262 g/mol. The van der Waals surface area contributed by atoms with Crippen LogP contribution in [-0.4, -0.2) is 29.2 Å². The number of aromatic nitrogens is 1. The highest BCUT2D eigenvalue weighted by Gasteiger charge is 2.21. The monoisotopic (exact) mass is 283 g/mol. The van der Waals surface area contributed by atoms with Gasteiger partial charge in [-0.1, -0.05) is 13.8 Å². The molecule has 0 bridgehead atoms. The summed E-state index contributed by atoms with van der Waals surface area (Å²) in [4.78, 5) is 14.6. The summed E-state index contributed by atoms with van der Waals surface area (Å²) in [5, 5.41) is 14.1. The van der Waals surface area contributed by atoms with Gasteiger partial charge >= 0.3 is 5.69 Å². The largest absolute Gasteiger partial charge is 0.380 e. The van der Waals surface area contributed by atoms with E-state index in [0.29, 0.717) is 19.0 Å². The molecule has 0 amide bonds. The molecule has 8 heteroatoms. The molecule has 0 saturated heterocycles. The zero-order chi connectivity index (χ0) is 15.1. The van der Waals surface area contributed by atoms with Crippen LogP contribution in [0.3, 0.4) is 0 Å². The lowest BCUT2D eigenvalue weighted by atomic mass is 10.1. The van der Waals surface area contributed by atoms with E-state index in [4.69, 9.17) is 10.6 Å². The molecule has 8 nitrogen and oxygen atoms in total. The van der Waals surface area contributed by atoms with Gasteiger partial charge in [0.15, 0.2) is 0 Å². The second-order valence-electron chi connectivity index (χ2n) is 4.62. The van der Waals surface area contributed by atoms with Gasteiger partial charge in [-0.2, -0.15) is 0 Å². The fraction of sp³-hybridized carbons (Fsp3) is 0.583. The van der Waals surface area contributed by atoms with E-state index in [9.17, 15) is 10.1 Å². The summed E-state index contributed by atoms with van der Waals surface area (Å²) >= 11 is 0. The van der Waals surface area contributed by atoms with E-state index in [2.05, 4.69) is 15.7 Å². The maximum atomic E-state index is 11.0. The molecule has 1 heterocycles. The highest BCUT2D eigenvalue weighted by molar-refractivity contribution is 5.60. The van der Waals surface area contributed by atoms with Gasteiger partial charge in [-0.3, -0.25) is 10.1 Å². The van der Waals surface area contributed by atoms with Crippen LogP contribution >= 0.6 is 0 Å². The Morgan fingerprint density at radius 3 is 2.70 bits per heavy atom. The van der Waals surface area contributed by atoms with Crippen molar-refractivity contribution in [2.24, 2.45) is 11.8 Å². The molecule has 0 aliphatic carbocycles. The average molecular weight is 283 g/mol. The molecule has 20 heavy (non-hydrogen) atoms. The van der Waals surface area contributed by atoms with Gasteiger partial charge in [0.05, 0.1) is 17.6 Å². The zero-order valence-corrected chi connectivity index (χ0v) is 11.9. The van der Waals surface area contributed by atoms with Crippen molar-refractivity contribution >= 4 is 17.3 Å². The van der Waals surface area contributed by atoms with Crippen molar-refractivity contribution in [2.75, 3.05) is 24.0 Å². The normalized spacial score (nSPS) is 12.2. The van der Waals surface area contributed by atoms with Crippen LogP contribution in [0.25, 0.3) is 0 Å². The second kappa shape index (κ2) is 7.61. The molecule has 1 rings (SSSR count). The van der Waals surface area contributed by atoms with Crippen LogP contribution < -0.4 is 16.6 Å². The number of nitrogen functional groups attached to an aromatic ring is 1. The Hall–Kier alpha value is -1.93. The number of nitrogens with one attached hydrogen (secondary N) is 2. The Morgan fingerprint density at radius 1 is 1.50 bits per heavy atom. The molecule has 1 aromatic rings. The highest BCUT2D eigenvalue weighted by Crippen LogP contribution is 2.25. The molecule has 1 aromatic heterocycles. The van der Waals surface area contributed by atoms with Crippen molar-refractivity contribution in [3.63, 3.8) is 0 Å². The number of anilines is 2. The Kier molecular flexibility index (Phi) is 6.13. The Labute approximate surface area is 117 Å². The topological polar surface area (TPSA) is 115 Å². The third kappa shape index (κ3) is 4.32. The van der Waals surface area contributed by atoms with E-state index in [0.717, 1.165) is 0 Å². The molecule has 0 saturated carbocycles. The predicted molar refractivity (Wildman–Crippen MR) is 77.4 cm³/mol. The molecular formula is C12H21N5O3. The van der Waals surface area contributed by atoms with Crippen molar-refractivity contribution in [2.45, 2.75) is 26.8 Å². The number of hydrogen-bond acceptors (Lipinski definition) is 7. The van der Waals surface area contributed by atoms with Crippen LogP contribution in [0.2, 0.25) is 0 Å². The van der Waals surface area contributed by atoms with E-state index in [1.54, 1.807) is 0 Å². The first-order chi connectivity index (χ1) is 9.49. The quantitative estimate of drug-likeness (QED) is 0.378. The number of nitrogens with zero attached hydrogens (tertiary/aromatic N) is 2. The summed E-state index contributed by atoms with van der Waals surface area (Å²) in [6.07, 6.45) is 0. The summed E-state index contributed by atoms with van der Waals surface area (Å²) < 4.78 is 5.39. The van der Waals surface area contributed by atoms with Crippen molar-refractivity contribution in [3.8, 4) is 0 Å². The van der Waals surface area contributed by atoms with Gasteiger partial charge in [-0.15, -0.1) is 0 Å². The first-order valence-corrected chi connectivity index (χ1v) is 6.45. The Bertz CT molecular complexity index is 453. The van der Waals surface area contributed by atoms with Gasteiger partial charge in [0.25, 0.3) is 0 Å². The maximum absolute atomic E-state index is 11.0. The maximum Gasteiger partial charge on any atom is 0.311 e. The molecule has 1 unspecified atom stereocenters. The Balaban J connectivity index is 2.99. The minimum atomic E-state index is -0.478. The van der Waals surface area contributed by atoms with Gasteiger partial charge in [-0.25, -0.2) is 10.8 Å². The fourth-order valence-electron chi connectivity index (χ4n) is 1.61. The van der Waals surface area contributed by atoms with Gasteiger partial charge in [-0.05, 0) is 18.9 Å². The summed E-state index contributed by atoms with van der Waals surface area (Å²) in [5.74, 6) is 6.06. The van der Waals surface area contributed by atoms with Crippen LogP contribution in [0, 0.1) is 16.0 Å². The molecule has 1 atom stereocenters. The van der Waals surface area contributed by atoms with Crippen molar-refractivity contribution < 1.29 is 9.66 Å². The third-order valence-electron chi connectivity index (χ3n) is 2.85. The van der Waals surface area contributed by atoms with Crippen LogP contribution in [0.1, 0.15) is 20.8 Å². The molecule has 0 radical (unpaired) electrons. The predicted octanol–water partition coefficient (Wildman–Crippen LogP) is 1.75. The fourth-order valence-corrected chi connectivity index (χ4v) is 1.61. The van der Waals surface area contributed by atoms with Crippen LogP contribution in [-0.2, 0) is 4.74 Å². The molecule has 0 fully saturated rings. The van der Waals surface area contributed by atoms with Gasteiger partial charge in [0, 0.05) is 12.7 Å². The minimum Gasteiger partial charge on any atom is -0.380 e. The molecule has 0 spiro atoms. The van der Waals surface area contributed by atoms with Gasteiger partial charge < -0.3 is 15.5 Å². The molecule has 0 aliphatic heterocycles. The third-order valence-corrected chi connectivity index (χ3v) is 2.85. The van der Waals surface area contributed by atoms with E-state index in [1.807, 2.05) is 20.8 Å². The standard InChI is InChI=1S/C12H21N5O3/c1-4-20-7-9(8(2)3)14-12-10(17(18)19)5-6-11(15-12)16-13/h5-6,8-9H,4,7,13H2,1-3H3,(H2,14,15,16). The number of nitro groups is 1. The van der Waals surface area contributed by atoms with Crippen molar-refractivity contribution in [3.05, 3.63) is 22.2 Å². The van der Waals surface area contributed by atoms with Crippen molar-refractivity contribution in [1.82, 2.24) is 4.98 Å². The smallest absolute Gasteiger partial charge is 0.311 e. The zero-order valence-electron chi connectivity index (χ0n) is 11.9.